The van der Waals surface area contributed by atoms with Crippen LogP contribution in [0.1, 0.15) is 17.3 Å². The van der Waals surface area contributed by atoms with Crippen LogP contribution in [0.25, 0.3) is 0 Å². The highest BCUT2D eigenvalue weighted by Gasteiger charge is 2.11. The van der Waals surface area contributed by atoms with Gasteiger partial charge in [0, 0.05) is 4.47 Å². The minimum Gasteiger partial charge on any atom is -0.289 e. The summed E-state index contributed by atoms with van der Waals surface area (Å²) < 4.78 is 13.8. The maximum absolute atomic E-state index is 13.1. The lowest BCUT2D eigenvalue weighted by molar-refractivity contribution is 0.103. The van der Waals surface area contributed by atoms with E-state index in [9.17, 15) is 9.18 Å². The molecule has 1 aromatic rings. The molecular formula is C10H8BrFO. The first kappa shape index (κ1) is 10.1. The first-order chi connectivity index (χ1) is 6.02. The van der Waals surface area contributed by atoms with Gasteiger partial charge in [-0.3, -0.25) is 4.79 Å². The highest BCUT2D eigenvalue weighted by molar-refractivity contribution is 9.10. The molecule has 0 aromatic heterocycles. The van der Waals surface area contributed by atoms with Crippen molar-refractivity contribution in [3.63, 3.8) is 0 Å². The maximum Gasteiger partial charge on any atom is 0.191 e. The van der Waals surface area contributed by atoms with Crippen LogP contribution in [0.3, 0.4) is 0 Å². The standard InChI is InChI=1S/C10H8BrFO/c1-6(2)10(13)8-5-7(11)3-4-9(8)12/h3-5H,1H2,2H3. The van der Waals surface area contributed by atoms with E-state index in [2.05, 4.69) is 22.5 Å². The Morgan fingerprint density at radius 2 is 2.15 bits per heavy atom. The number of ketones is 1. The van der Waals surface area contributed by atoms with Crippen molar-refractivity contribution >= 4 is 21.7 Å². The Bertz CT molecular complexity index is 371. The monoisotopic (exact) mass is 242 g/mol. The van der Waals surface area contributed by atoms with Crippen LogP contribution in [0.4, 0.5) is 4.39 Å². The van der Waals surface area contributed by atoms with E-state index in [0.717, 1.165) is 0 Å². The van der Waals surface area contributed by atoms with Crippen molar-refractivity contribution in [3.8, 4) is 0 Å². The van der Waals surface area contributed by atoms with E-state index in [-0.39, 0.29) is 11.3 Å². The third kappa shape index (κ3) is 2.25. The number of allylic oxidation sites excluding steroid dienone is 1. The van der Waals surface area contributed by atoms with Gasteiger partial charge in [-0.2, -0.15) is 0 Å². The van der Waals surface area contributed by atoms with Gasteiger partial charge in [0.2, 0.25) is 0 Å². The number of halogens is 2. The predicted molar refractivity (Wildman–Crippen MR) is 53.2 cm³/mol. The molecule has 0 fully saturated rings. The van der Waals surface area contributed by atoms with E-state index in [1.54, 1.807) is 13.0 Å². The Labute approximate surface area is 84.4 Å². The second-order valence-electron chi connectivity index (χ2n) is 2.73. The zero-order valence-corrected chi connectivity index (χ0v) is 8.69. The highest BCUT2D eigenvalue weighted by atomic mass is 79.9. The number of Topliss-reactive ketones (excluding diaryl/α,β-unsaturated/α-hetero) is 1. The topological polar surface area (TPSA) is 17.1 Å². The highest BCUT2D eigenvalue weighted by Crippen LogP contribution is 2.17. The second-order valence-corrected chi connectivity index (χ2v) is 3.65. The minimum absolute atomic E-state index is 0.0573. The SMILES string of the molecule is C=C(C)C(=O)c1cc(Br)ccc1F. The zero-order chi connectivity index (χ0) is 10.0. The van der Waals surface area contributed by atoms with Crippen molar-refractivity contribution in [2.24, 2.45) is 0 Å². The van der Waals surface area contributed by atoms with Crippen molar-refractivity contribution in [1.29, 1.82) is 0 Å². The number of hydrogen-bond donors (Lipinski definition) is 0. The largest absolute Gasteiger partial charge is 0.289 e. The van der Waals surface area contributed by atoms with Crippen molar-refractivity contribution in [2.45, 2.75) is 6.92 Å². The molecule has 0 spiro atoms. The second kappa shape index (κ2) is 3.83. The molecule has 0 aliphatic heterocycles. The lowest BCUT2D eigenvalue weighted by atomic mass is 10.1. The molecule has 3 heteroatoms. The van der Waals surface area contributed by atoms with Gasteiger partial charge in [0.05, 0.1) is 5.56 Å². The van der Waals surface area contributed by atoms with Crippen LogP contribution in [-0.4, -0.2) is 5.78 Å². The van der Waals surface area contributed by atoms with Crippen molar-refractivity contribution < 1.29 is 9.18 Å². The third-order valence-electron chi connectivity index (χ3n) is 1.56. The van der Waals surface area contributed by atoms with Gasteiger partial charge in [0.1, 0.15) is 5.82 Å². The van der Waals surface area contributed by atoms with E-state index in [1.807, 2.05) is 0 Å². The number of hydrogen-bond acceptors (Lipinski definition) is 1. The molecule has 0 aliphatic rings. The number of benzene rings is 1. The average molecular weight is 243 g/mol. The summed E-state index contributed by atoms with van der Waals surface area (Å²) >= 11 is 3.17. The van der Waals surface area contributed by atoms with Crippen LogP contribution >= 0.6 is 15.9 Å². The Morgan fingerprint density at radius 1 is 1.54 bits per heavy atom. The van der Waals surface area contributed by atoms with Crippen LogP contribution in [0.15, 0.2) is 34.8 Å². The van der Waals surface area contributed by atoms with Gasteiger partial charge < -0.3 is 0 Å². The van der Waals surface area contributed by atoms with Gasteiger partial charge in [-0.05, 0) is 30.7 Å². The van der Waals surface area contributed by atoms with E-state index < -0.39 is 5.82 Å². The molecule has 0 atom stereocenters. The molecule has 0 saturated carbocycles. The molecule has 0 aliphatic carbocycles. The Kier molecular flexibility index (Phi) is 2.98. The maximum atomic E-state index is 13.1. The summed E-state index contributed by atoms with van der Waals surface area (Å²) in [6, 6.07) is 4.25. The third-order valence-corrected chi connectivity index (χ3v) is 2.05. The fraction of sp³-hybridized carbons (Fsp3) is 0.100. The Morgan fingerprint density at radius 3 is 2.69 bits per heavy atom. The summed E-state index contributed by atoms with van der Waals surface area (Å²) in [4.78, 5) is 11.4. The zero-order valence-electron chi connectivity index (χ0n) is 7.10. The predicted octanol–water partition coefficient (Wildman–Crippen LogP) is 3.35. The Hall–Kier alpha value is -0.960. The normalized spacial score (nSPS) is 9.77. The van der Waals surface area contributed by atoms with Crippen LogP contribution in [0.5, 0.6) is 0 Å². The fourth-order valence-electron chi connectivity index (χ4n) is 0.901. The van der Waals surface area contributed by atoms with Crippen LogP contribution in [-0.2, 0) is 0 Å². The van der Waals surface area contributed by atoms with Gasteiger partial charge in [-0.1, -0.05) is 22.5 Å². The quantitative estimate of drug-likeness (QED) is 0.575. The van der Waals surface area contributed by atoms with E-state index >= 15 is 0 Å². The molecule has 1 nitrogen and oxygen atoms in total. The van der Waals surface area contributed by atoms with Gasteiger partial charge in [0.25, 0.3) is 0 Å². The molecule has 1 rings (SSSR count). The summed E-state index contributed by atoms with van der Waals surface area (Å²) in [7, 11) is 0. The van der Waals surface area contributed by atoms with Crippen LogP contribution in [0.2, 0.25) is 0 Å². The molecule has 0 heterocycles. The molecule has 1 aromatic carbocycles. The van der Waals surface area contributed by atoms with E-state index in [1.165, 1.54) is 12.1 Å². The van der Waals surface area contributed by atoms with E-state index in [0.29, 0.717) is 10.0 Å². The van der Waals surface area contributed by atoms with Gasteiger partial charge in [-0.25, -0.2) is 4.39 Å². The molecule has 0 N–H and O–H groups in total. The molecule has 0 unspecified atom stereocenters. The lowest BCUT2D eigenvalue weighted by Gasteiger charge is -2.01. The number of carbonyl (C=O) groups excluding carboxylic acids is 1. The average Bonchev–Trinajstić information content (AvgIpc) is 2.08. The molecule has 13 heavy (non-hydrogen) atoms. The molecule has 68 valence electrons. The summed E-state index contributed by atoms with van der Waals surface area (Å²) in [5, 5.41) is 0. The van der Waals surface area contributed by atoms with Gasteiger partial charge >= 0.3 is 0 Å². The Balaban J connectivity index is 3.21. The molecule has 0 bridgehead atoms. The number of carbonyl (C=O) groups is 1. The molecule has 0 saturated heterocycles. The van der Waals surface area contributed by atoms with Crippen molar-refractivity contribution in [1.82, 2.24) is 0 Å². The summed E-state index contributed by atoms with van der Waals surface area (Å²) in [5.41, 5.74) is 0.388. The molecular weight excluding hydrogens is 235 g/mol. The lowest BCUT2D eigenvalue weighted by Crippen LogP contribution is -2.02. The molecule has 0 amide bonds. The van der Waals surface area contributed by atoms with Gasteiger partial charge in [0.15, 0.2) is 5.78 Å². The number of rotatable bonds is 2. The fourth-order valence-corrected chi connectivity index (χ4v) is 1.26. The summed E-state index contributed by atoms with van der Waals surface area (Å²) in [6.07, 6.45) is 0. The summed E-state index contributed by atoms with van der Waals surface area (Å²) in [6.45, 7) is 5.03. The van der Waals surface area contributed by atoms with Crippen LogP contribution in [0, 0.1) is 5.82 Å². The first-order valence-electron chi connectivity index (χ1n) is 3.67. The molecule has 0 radical (unpaired) electrons. The van der Waals surface area contributed by atoms with Gasteiger partial charge in [-0.15, -0.1) is 0 Å². The van der Waals surface area contributed by atoms with Crippen LogP contribution < -0.4 is 0 Å². The smallest absolute Gasteiger partial charge is 0.191 e. The van der Waals surface area contributed by atoms with Crippen molar-refractivity contribution in [2.75, 3.05) is 0 Å². The van der Waals surface area contributed by atoms with Crippen molar-refractivity contribution in [3.05, 3.63) is 46.2 Å². The summed E-state index contributed by atoms with van der Waals surface area (Å²) in [5.74, 6) is -0.880. The first-order valence-corrected chi connectivity index (χ1v) is 4.47. The minimum atomic E-state index is -0.517. The van der Waals surface area contributed by atoms with E-state index in [4.69, 9.17) is 0 Å².